The second-order valence-electron chi connectivity index (χ2n) is 4.67. The van der Waals surface area contributed by atoms with Gasteiger partial charge in [-0.1, -0.05) is 24.3 Å². The van der Waals surface area contributed by atoms with Gasteiger partial charge in [-0.05, 0) is 31.0 Å². The molecule has 102 valence electrons. The first kappa shape index (κ1) is 13.8. The number of rotatable bonds is 6. The van der Waals surface area contributed by atoms with Crippen LogP contribution in [-0.2, 0) is 26.2 Å². The predicted molar refractivity (Wildman–Crippen MR) is 75.5 cm³/mol. The van der Waals surface area contributed by atoms with Crippen LogP contribution in [0.3, 0.4) is 0 Å². The summed E-state index contributed by atoms with van der Waals surface area (Å²) in [7, 11) is 0. The van der Waals surface area contributed by atoms with Gasteiger partial charge in [0.1, 0.15) is 0 Å². The van der Waals surface area contributed by atoms with Crippen molar-refractivity contribution < 1.29 is 5.11 Å². The van der Waals surface area contributed by atoms with Crippen molar-refractivity contribution in [2.24, 2.45) is 0 Å². The lowest BCUT2D eigenvalue weighted by Gasteiger charge is -2.07. The molecule has 4 nitrogen and oxygen atoms in total. The number of aromatic nitrogens is 2. The molecule has 0 saturated heterocycles. The smallest absolute Gasteiger partial charge is 0.0681 e. The monoisotopic (exact) mass is 259 g/mol. The van der Waals surface area contributed by atoms with Crippen molar-refractivity contribution in [3.05, 3.63) is 52.8 Å². The fourth-order valence-electron chi connectivity index (χ4n) is 2.19. The van der Waals surface area contributed by atoms with Gasteiger partial charge >= 0.3 is 0 Å². The highest BCUT2D eigenvalue weighted by Gasteiger charge is 2.03. The lowest BCUT2D eigenvalue weighted by atomic mass is 10.1. The number of hydrogen-bond donors (Lipinski definition) is 2. The molecular weight excluding hydrogens is 238 g/mol. The Balaban J connectivity index is 1.92. The summed E-state index contributed by atoms with van der Waals surface area (Å²) in [5.74, 6) is 0. The van der Waals surface area contributed by atoms with Gasteiger partial charge in [0, 0.05) is 19.6 Å². The van der Waals surface area contributed by atoms with E-state index in [1.54, 1.807) is 0 Å². The van der Waals surface area contributed by atoms with Gasteiger partial charge in [0.05, 0.1) is 18.0 Å². The third-order valence-corrected chi connectivity index (χ3v) is 3.09. The predicted octanol–water partition coefficient (Wildman–Crippen LogP) is 1.99. The Kier molecular flexibility index (Phi) is 4.71. The number of aliphatic hydroxyl groups excluding tert-OH is 1. The number of nitrogens with zero attached hydrogens (tertiary/aromatic N) is 2. The Hall–Kier alpha value is -1.65. The van der Waals surface area contributed by atoms with Gasteiger partial charge < -0.3 is 10.4 Å². The first-order chi connectivity index (χ1) is 9.22. The Labute approximate surface area is 114 Å². The van der Waals surface area contributed by atoms with Gasteiger partial charge in [-0.3, -0.25) is 4.68 Å². The van der Waals surface area contributed by atoms with E-state index in [-0.39, 0.29) is 6.61 Å². The van der Waals surface area contributed by atoms with Gasteiger partial charge in [-0.2, -0.15) is 5.10 Å². The fourth-order valence-corrected chi connectivity index (χ4v) is 2.19. The third kappa shape index (κ3) is 3.66. The van der Waals surface area contributed by atoms with E-state index in [0.29, 0.717) is 0 Å². The van der Waals surface area contributed by atoms with Crippen LogP contribution in [0.5, 0.6) is 0 Å². The van der Waals surface area contributed by atoms with E-state index in [0.717, 1.165) is 30.9 Å². The lowest BCUT2D eigenvalue weighted by Crippen LogP contribution is -2.16. The van der Waals surface area contributed by atoms with Gasteiger partial charge in [0.2, 0.25) is 0 Å². The summed E-state index contributed by atoms with van der Waals surface area (Å²) in [6.45, 7) is 6.70. The van der Waals surface area contributed by atoms with Crippen LogP contribution in [0.4, 0.5) is 0 Å². The number of aliphatic hydroxyl groups is 1. The van der Waals surface area contributed by atoms with Gasteiger partial charge in [0.25, 0.3) is 0 Å². The van der Waals surface area contributed by atoms with Crippen molar-refractivity contribution in [3.63, 3.8) is 0 Å². The molecule has 2 rings (SSSR count). The maximum absolute atomic E-state index is 9.10. The molecule has 0 fully saturated rings. The summed E-state index contributed by atoms with van der Waals surface area (Å²) in [6, 6.07) is 10.1. The molecule has 4 heteroatoms. The summed E-state index contributed by atoms with van der Waals surface area (Å²) in [4.78, 5) is 0. The normalized spacial score (nSPS) is 10.9. The fraction of sp³-hybridized carbons (Fsp3) is 0.400. The molecule has 0 aliphatic carbocycles. The third-order valence-electron chi connectivity index (χ3n) is 3.09. The van der Waals surface area contributed by atoms with E-state index in [4.69, 9.17) is 5.11 Å². The molecule has 0 amide bonds. The van der Waals surface area contributed by atoms with Crippen LogP contribution in [0.1, 0.15) is 29.4 Å². The second-order valence-corrected chi connectivity index (χ2v) is 4.67. The van der Waals surface area contributed by atoms with Crippen molar-refractivity contribution >= 4 is 0 Å². The summed E-state index contributed by atoms with van der Waals surface area (Å²) >= 11 is 0. The van der Waals surface area contributed by atoms with Crippen LogP contribution in [0.15, 0.2) is 30.3 Å². The highest BCUT2D eigenvalue weighted by atomic mass is 16.3. The molecule has 0 aliphatic rings. The molecule has 1 heterocycles. The maximum atomic E-state index is 9.10. The molecule has 0 spiro atoms. The Morgan fingerprint density at radius 1 is 1.21 bits per heavy atom. The number of nitrogens with one attached hydrogen (secondary N) is 1. The zero-order chi connectivity index (χ0) is 13.7. The lowest BCUT2D eigenvalue weighted by molar-refractivity contribution is 0.281. The quantitative estimate of drug-likeness (QED) is 0.834. The van der Waals surface area contributed by atoms with Crippen LogP contribution in [0, 0.1) is 6.92 Å². The van der Waals surface area contributed by atoms with Crippen LogP contribution < -0.4 is 5.32 Å². The minimum absolute atomic E-state index is 0.0929. The zero-order valence-electron chi connectivity index (χ0n) is 11.6. The molecule has 0 bridgehead atoms. The van der Waals surface area contributed by atoms with E-state index in [1.807, 2.05) is 29.8 Å². The van der Waals surface area contributed by atoms with Crippen molar-refractivity contribution in [3.8, 4) is 0 Å². The largest absolute Gasteiger partial charge is 0.392 e. The molecule has 19 heavy (non-hydrogen) atoms. The van der Waals surface area contributed by atoms with E-state index < -0.39 is 0 Å². The van der Waals surface area contributed by atoms with Crippen molar-refractivity contribution in [2.45, 2.75) is 40.1 Å². The average Bonchev–Trinajstić information content (AvgIpc) is 2.79. The van der Waals surface area contributed by atoms with Crippen molar-refractivity contribution in [1.29, 1.82) is 0 Å². The first-order valence-electron chi connectivity index (χ1n) is 6.65. The SMILES string of the molecule is CCn1nc(C)cc1CNCc1cccc(CO)c1. The molecule has 0 aliphatic heterocycles. The highest BCUT2D eigenvalue weighted by molar-refractivity contribution is 5.22. The molecular formula is C15H21N3O. The van der Waals surface area contributed by atoms with Crippen LogP contribution >= 0.6 is 0 Å². The second kappa shape index (κ2) is 6.50. The number of benzene rings is 1. The molecule has 1 aromatic heterocycles. The summed E-state index contributed by atoms with van der Waals surface area (Å²) in [5.41, 5.74) is 4.40. The molecule has 1 aromatic carbocycles. The number of aryl methyl sites for hydroxylation is 2. The van der Waals surface area contributed by atoms with Gasteiger partial charge in [-0.25, -0.2) is 0 Å². The minimum Gasteiger partial charge on any atom is -0.392 e. The first-order valence-corrected chi connectivity index (χ1v) is 6.65. The standard InChI is InChI=1S/C15H21N3O/c1-3-18-15(7-12(2)17-18)10-16-9-13-5-4-6-14(8-13)11-19/h4-8,16,19H,3,9-11H2,1-2H3. The van der Waals surface area contributed by atoms with Crippen LogP contribution in [-0.4, -0.2) is 14.9 Å². The topological polar surface area (TPSA) is 50.1 Å². The van der Waals surface area contributed by atoms with Crippen molar-refractivity contribution in [1.82, 2.24) is 15.1 Å². The van der Waals surface area contributed by atoms with Gasteiger partial charge in [-0.15, -0.1) is 0 Å². The molecule has 2 N–H and O–H groups in total. The summed E-state index contributed by atoms with van der Waals surface area (Å²) < 4.78 is 2.02. The average molecular weight is 259 g/mol. The molecule has 0 radical (unpaired) electrons. The van der Waals surface area contributed by atoms with E-state index in [1.165, 1.54) is 11.3 Å². The van der Waals surface area contributed by atoms with Crippen LogP contribution in [0.2, 0.25) is 0 Å². The van der Waals surface area contributed by atoms with E-state index >= 15 is 0 Å². The Morgan fingerprint density at radius 2 is 2.00 bits per heavy atom. The summed E-state index contributed by atoms with van der Waals surface area (Å²) in [5, 5.41) is 16.9. The van der Waals surface area contributed by atoms with E-state index in [9.17, 15) is 0 Å². The van der Waals surface area contributed by atoms with Crippen molar-refractivity contribution in [2.75, 3.05) is 0 Å². The highest BCUT2D eigenvalue weighted by Crippen LogP contribution is 2.07. The molecule has 2 aromatic rings. The molecule has 0 unspecified atom stereocenters. The van der Waals surface area contributed by atoms with E-state index in [2.05, 4.69) is 29.5 Å². The zero-order valence-corrected chi connectivity index (χ0v) is 11.6. The number of hydrogen-bond acceptors (Lipinski definition) is 3. The Morgan fingerprint density at radius 3 is 2.74 bits per heavy atom. The van der Waals surface area contributed by atoms with Gasteiger partial charge in [0.15, 0.2) is 0 Å². The van der Waals surface area contributed by atoms with Crippen LogP contribution in [0.25, 0.3) is 0 Å². The minimum atomic E-state index is 0.0929. The molecule has 0 saturated carbocycles. The Bertz CT molecular complexity index is 534. The maximum Gasteiger partial charge on any atom is 0.0681 e. The molecule has 0 atom stereocenters. The summed E-state index contributed by atoms with van der Waals surface area (Å²) in [6.07, 6.45) is 0.